The van der Waals surface area contributed by atoms with E-state index in [1.807, 2.05) is 0 Å². The molecule has 0 aliphatic heterocycles. The first-order valence-corrected chi connectivity index (χ1v) is 6.61. The molecule has 1 N–H and O–H groups in total. The predicted molar refractivity (Wildman–Crippen MR) is 69.3 cm³/mol. The lowest BCUT2D eigenvalue weighted by Gasteiger charge is -2.23. The Morgan fingerprint density at radius 2 is 1.73 bits per heavy atom. The second kappa shape index (κ2) is 9.17. The first kappa shape index (κ1) is 14.9. The van der Waals surface area contributed by atoms with Crippen LogP contribution in [-0.2, 0) is 0 Å². The van der Waals surface area contributed by atoms with E-state index in [4.69, 9.17) is 0 Å². The molecule has 0 fully saturated rings. The third-order valence-electron chi connectivity index (χ3n) is 3.38. The van der Waals surface area contributed by atoms with E-state index in [1.165, 1.54) is 32.5 Å². The van der Waals surface area contributed by atoms with Crippen molar-refractivity contribution in [3.8, 4) is 0 Å². The van der Waals surface area contributed by atoms with Gasteiger partial charge in [0.25, 0.3) is 0 Å². The Labute approximate surface area is 96.4 Å². The van der Waals surface area contributed by atoms with Crippen LogP contribution in [-0.4, -0.2) is 37.1 Å². The van der Waals surface area contributed by atoms with Crippen LogP contribution in [0.15, 0.2) is 0 Å². The number of hydrogen-bond donors (Lipinski definition) is 1. The lowest BCUT2D eigenvalue weighted by atomic mass is 10.0. The number of nitrogens with zero attached hydrogens (tertiary/aromatic N) is 1. The molecule has 2 heteroatoms. The summed E-state index contributed by atoms with van der Waals surface area (Å²) < 4.78 is 0. The van der Waals surface area contributed by atoms with E-state index >= 15 is 0 Å². The summed E-state index contributed by atoms with van der Waals surface area (Å²) in [6.45, 7) is 16.1. The van der Waals surface area contributed by atoms with Crippen molar-refractivity contribution in [3.05, 3.63) is 0 Å². The van der Waals surface area contributed by atoms with Gasteiger partial charge in [0.2, 0.25) is 0 Å². The molecule has 0 aromatic rings. The van der Waals surface area contributed by atoms with Crippen LogP contribution in [0.4, 0.5) is 0 Å². The molecular weight excluding hydrogens is 184 g/mol. The summed E-state index contributed by atoms with van der Waals surface area (Å²) >= 11 is 0. The van der Waals surface area contributed by atoms with E-state index in [0.29, 0.717) is 6.04 Å². The predicted octanol–water partition coefficient (Wildman–Crippen LogP) is 2.74. The lowest BCUT2D eigenvalue weighted by molar-refractivity contribution is 0.275. The summed E-state index contributed by atoms with van der Waals surface area (Å²) in [4.78, 5) is 2.51. The van der Waals surface area contributed by atoms with Crippen molar-refractivity contribution in [2.24, 2.45) is 5.92 Å². The molecular formula is C13H30N2. The SMILES string of the molecule is CCCN(CC)CCNC(C)C(C)CC. The minimum absolute atomic E-state index is 0.648. The smallest absolute Gasteiger partial charge is 0.0107 e. The van der Waals surface area contributed by atoms with Gasteiger partial charge in [-0.05, 0) is 32.4 Å². The van der Waals surface area contributed by atoms with Gasteiger partial charge in [-0.15, -0.1) is 0 Å². The van der Waals surface area contributed by atoms with Crippen LogP contribution in [0.3, 0.4) is 0 Å². The summed E-state index contributed by atoms with van der Waals surface area (Å²) in [7, 11) is 0. The Kier molecular flexibility index (Phi) is 9.12. The Hall–Kier alpha value is -0.0800. The van der Waals surface area contributed by atoms with E-state index < -0.39 is 0 Å². The highest BCUT2D eigenvalue weighted by atomic mass is 15.1. The zero-order chi connectivity index (χ0) is 11.7. The average Bonchev–Trinajstić information content (AvgIpc) is 2.26. The number of likely N-dealkylation sites (N-methyl/N-ethyl adjacent to an activating group) is 1. The quantitative estimate of drug-likeness (QED) is 0.635. The molecule has 0 aliphatic carbocycles. The number of rotatable bonds is 9. The van der Waals surface area contributed by atoms with E-state index in [0.717, 1.165) is 12.5 Å². The third-order valence-corrected chi connectivity index (χ3v) is 3.38. The van der Waals surface area contributed by atoms with Crippen molar-refractivity contribution in [1.82, 2.24) is 10.2 Å². The highest BCUT2D eigenvalue weighted by molar-refractivity contribution is 4.68. The molecule has 2 unspecified atom stereocenters. The Balaban J connectivity index is 3.58. The van der Waals surface area contributed by atoms with E-state index in [9.17, 15) is 0 Å². The van der Waals surface area contributed by atoms with Crippen LogP contribution in [0.2, 0.25) is 0 Å². The molecule has 2 atom stereocenters. The molecule has 0 radical (unpaired) electrons. The number of hydrogen-bond acceptors (Lipinski definition) is 2. The monoisotopic (exact) mass is 214 g/mol. The first-order chi connectivity index (χ1) is 7.15. The van der Waals surface area contributed by atoms with Gasteiger partial charge in [-0.2, -0.15) is 0 Å². The van der Waals surface area contributed by atoms with Crippen LogP contribution in [0.5, 0.6) is 0 Å². The molecule has 0 saturated heterocycles. The Bertz CT molecular complexity index is 134. The molecule has 0 aromatic carbocycles. The molecule has 0 bridgehead atoms. The van der Waals surface area contributed by atoms with Crippen molar-refractivity contribution >= 4 is 0 Å². The van der Waals surface area contributed by atoms with Gasteiger partial charge in [-0.25, -0.2) is 0 Å². The molecule has 0 rings (SSSR count). The molecule has 2 nitrogen and oxygen atoms in total. The van der Waals surface area contributed by atoms with Gasteiger partial charge in [0.1, 0.15) is 0 Å². The van der Waals surface area contributed by atoms with Gasteiger partial charge in [0.05, 0.1) is 0 Å². The maximum atomic E-state index is 3.61. The summed E-state index contributed by atoms with van der Waals surface area (Å²) in [5.41, 5.74) is 0. The van der Waals surface area contributed by atoms with Crippen LogP contribution < -0.4 is 5.32 Å². The maximum Gasteiger partial charge on any atom is 0.0107 e. The van der Waals surface area contributed by atoms with Crippen molar-refractivity contribution < 1.29 is 0 Å². The van der Waals surface area contributed by atoms with Crippen LogP contribution in [0, 0.1) is 5.92 Å². The zero-order valence-corrected chi connectivity index (χ0v) is 11.3. The molecule has 0 spiro atoms. The fourth-order valence-corrected chi connectivity index (χ4v) is 1.75. The van der Waals surface area contributed by atoms with Gasteiger partial charge in [-0.3, -0.25) is 0 Å². The average molecular weight is 214 g/mol. The molecule has 92 valence electrons. The van der Waals surface area contributed by atoms with Gasteiger partial charge in [0.15, 0.2) is 0 Å². The summed E-state index contributed by atoms with van der Waals surface area (Å²) in [5.74, 6) is 0.784. The molecule has 0 heterocycles. The zero-order valence-electron chi connectivity index (χ0n) is 11.3. The van der Waals surface area contributed by atoms with Crippen LogP contribution >= 0.6 is 0 Å². The van der Waals surface area contributed by atoms with Gasteiger partial charge in [-0.1, -0.05) is 34.1 Å². The third kappa shape index (κ3) is 6.91. The second-order valence-corrected chi connectivity index (χ2v) is 4.56. The summed E-state index contributed by atoms with van der Waals surface area (Å²) in [6.07, 6.45) is 2.52. The van der Waals surface area contributed by atoms with Crippen molar-refractivity contribution in [3.63, 3.8) is 0 Å². The normalized spacial score (nSPS) is 15.6. The molecule has 0 aliphatic rings. The highest BCUT2D eigenvalue weighted by Gasteiger charge is 2.09. The minimum Gasteiger partial charge on any atom is -0.313 e. The topological polar surface area (TPSA) is 15.3 Å². The second-order valence-electron chi connectivity index (χ2n) is 4.56. The fourth-order valence-electron chi connectivity index (χ4n) is 1.75. The minimum atomic E-state index is 0.648. The van der Waals surface area contributed by atoms with Gasteiger partial charge < -0.3 is 10.2 Å². The van der Waals surface area contributed by atoms with E-state index in [1.54, 1.807) is 0 Å². The Morgan fingerprint density at radius 1 is 1.07 bits per heavy atom. The standard InChI is InChI=1S/C13H30N2/c1-6-10-15(8-3)11-9-14-13(5)12(4)7-2/h12-14H,6-11H2,1-5H3. The molecule has 15 heavy (non-hydrogen) atoms. The number of nitrogens with one attached hydrogen (secondary N) is 1. The van der Waals surface area contributed by atoms with Crippen molar-refractivity contribution in [2.75, 3.05) is 26.2 Å². The fraction of sp³-hybridized carbons (Fsp3) is 1.00. The molecule has 0 aromatic heterocycles. The van der Waals surface area contributed by atoms with Crippen molar-refractivity contribution in [2.45, 2.75) is 53.5 Å². The lowest BCUT2D eigenvalue weighted by Crippen LogP contribution is -2.38. The summed E-state index contributed by atoms with van der Waals surface area (Å²) in [5, 5.41) is 3.61. The van der Waals surface area contributed by atoms with Crippen LogP contribution in [0.1, 0.15) is 47.5 Å². The summed E-state index contributed by atoms with van der Waals surface area (Å²) in [6, 6.07) is 0.648. The molecule has 0 amide bonds. The van der Waals surface area contributed by atoms with Gasteiger partial charge >= 0.3 is 0 Å². The van der Waals surface area contributed by atoms with E-state index in [2.05, 4.69) is 44.8 Å². The first-order valence-electron chi connectivity index (χ1n) is 6.61. The van der Waals surface area contributed by atoms with Gasteiger partial charge in [0, 0.05) is 19.1 Å². The highest BCUT2D eigenvalue weighted by Crippen LogP contribution is 2.05. The van der Waals surface area contributed by atoms with Crippen molar-refractivity contribution in [1.29, 1.82) is 0 Å². The Morgan fingerprint density at radius 3 is 2.20 bits per heavy atom. The molecule has 0 saturated carbocycles. The maximum absolute atomic E-state index is 3.61. The van der Waals surface area contributed by atoms with Crippen LogP contribution in [0.25, 0.3) is 0 Å². The largest absolute Gasteiger partial charge is 0.313 e. The van der Waals surface area contributed by atoms with E-state index in [-0.39, 0.29) is 0 Å².